The predicted molar refractivity (Wildman–Crippen MR) is 89.0 cm³/mol. The summed E-state index contributed by atoms with van der Waals surface area (Å²) in [6, 6.07) is 12.3. The summed E-state index contributed by atoms with van der Waals surface area (Å²) >= 11 is 5.28. The molecule has 2 heterocycles. The maximum absolute atomic E-state index is 5.28. The zero-order valence-corrected chi connectivity index (χ0v) is 13.2. The number of fused-ring (bicyclic) bond motifs is 1. The molecule has 0 atom stereocenters. The number of benzene rings is 1. The monoisotopic (exact) mass is 295 g/mol. The smallest absolute Gasteiger partial charge is 0.130 e. The summed E-state index contributed by atoms with van der Waals surface area (Å²) in [7, 11) is 0. The highest BCUT2D eigenvalue weighted by Crippen LogP contribution is 2.23. The second-order valence-corrected chi connectivity index (χ2v) is 5.95. The van der Waals surface area contributed by atoms with Crippen molar-refractivity contribution in [1.29, 1.82) is 0 Å². The Hall–Kier alpha value is -2.07. The van der Waals surface area contributed by atoms with Crippen LogP contribution in [0.1, 0.15) is 31.3 Å². The van der Waals surface area contributed by atoms with Gasteiger partial charge in [0.1, 0.15) is 10.5 Å². The third-order valence-electron chi connectivity index (χ3n) is 3.45. The Morgan fingerprint density at radius 3 is 2.62 bits per heavy atom. The summed E-state index contributed by atoms with van der Waals surface area (Å²) in [6.07, 6.45) is 0. The lowest BCUT2D eigenvalue weighted by atomic mass is 10.1. The first-order valence-electron chi connectivity index (χ1n) is 7.02. The van der Waals surface area contributed by atoms with Crippen LogP contribution in [0.25, 0.3) is 22.2 Å². The molecule has 0 amide bonds. The lowest BCUT2D eigenvalue weighted by Gasteiger charge is -2.09. The molecule has 0 saturated carbocycles. The summed E-state index contributed by atoms with van der Waals surface area (Å²) in [5, 5.41) is 1.13. The summed E-state index contributed by atoms with van der Waals surface area (Å²) in [6.45, 7) is 6.21. The highest BCUT2D eigenvalue weighted by Gasteiger charge is 2.06. The zero-order valence-electron chi connectivity index (χ0n) is 12.3. The molecule has 21 heavy (non-hydrogen) atoms. The molecule has 0 aliphatic carbocycles. The van der Waals surface area contributed by atoms with Crippen molar-refractivity contribution >= 4 is 23.1 Å². The number of hydrogen-bond acceptors (Lipinski definition) is 3. The SMILES string of the molecule is Cc1ccc2cc(-c3cc(=S)nc(C(C)C)[nH]3)ccc2n1. The Morgan fingerprint density at radius 2 is 1.86 bits per heavy atom. The molecule has 3 rings (SSSR count). The molecule has 0 saturated heterocycles. The Bertz CT molecular complexity index is 865. The van der Waals surface area contributed by atoms with Gasteiger partial charge in [-0.05, 0) is 36.8 Å². The van der Waals surface area contributed by atoms with Crippen molar-refractivity contribution in [2.45, 2.75) is 26.7 Å². The number of nitrogens with zero attached hydrogens (tertiary/aromatic N) is 2. The highest BCUT2D eigenvalue weighted by molar-refractivity contribution is 7.71. The molecule has 2 aromatic heterocycles. The van der Waals surface area contributed by atoms with Crippen molar-refractivity contribution in [1.82, 2.24) is 15.0 Å². The van der Waals surface area contributed by atoms with Gasteiger partial charge in [-0.2, -0.15) is 0 Å². The zero-order chi connectivity index (χ0) is 15.0. The van der Waals surface area contributed by atoms with E-state index in [2.05, 4.69) is 47.0 Å². The first-order chi connectivity index (χ1) is 10.0. The molecule has 1 aromatic carbocycles. The number of hydrogen-bond donors (Lipinski definition) is 1. The molecule has 0 aliphatic rings. The lowest BCUT2D eigenvalue weighted by molar-refractivity contribution is 0.773. The molecule has 0 unspecified atom stereocenters. The van der Waals surface area contributed by atoms with Gasteiger partial charge in [0.25, 0.3) is 0 Å². The topological polar surface area (TPSA) is 41.6 Å². The third kappa shape index (κ3) is 2.85. The fourth-order valence-corrected chi connectivity index (χ4v) is 2.52. The molecule has 1 N–H and O–H groups in total. The molecule has 106 valence electrons. The molecule has 0 spiro atoms. The Labute approximate surface area is 129 Å². The van der Waals surface area contributed by atoms with E-state index in [1.165, 1.54) is 0 Å². The van der Waals surface area contributed by atoms with Gasteiger partial charge in [-0.3, -0.25) is 4.98 Å². The Kier molecular flexibility index (Phi) is 3.55. The van der Waals surface area contributed by atoms with Gasteiger partial charge in [0.05, 0.1) is 5.52 Å². The number of H-pyrrole nitrogens is 1. The lowest BCUT2D eigenvalue weighted by Crippen LogP contribution is -1.99. The number of aromatic nitrogens is 3. The van der Waals surface area contributed by atoms with E-state index < -0.39 is 0 Å². The average molecular weight is 295 g/mol. The molecular weight excluding hydrogens is 278 g/mol. The van der Waals surface area contributed by atoms with Gasteiger partial charge >= 0.3 is 0 Å². The number of rotatable bonds is 2. The van der Waals surface area contributed by atoms with Crippen LogP contribution in [0.4, 0.5) is 0 Å². The van der Waals surface area contributed by atoms with E-state index in [1.54, 1.807) is 0 Å². The summed E-state index contributed by atoms with van der Waals surface area (Å²) in [5.41, 5.74) is 4.14. The maximum Gasteiger partial charge on any atom is 0.130 e. The van der Waals surface area contributed by atoms with Crippen LogP contribution in [0.5, 0.6) is 0 Å². The molecule has 3 aromatic rings. The van der Waals surface area contributed by atoms with Gasteiger partial charge in [0.15, 0.2) is 0 Å². The third-order valence-corrected chi connectivity index (χ3v) is 3.66. The average Bonchev–Trinajstić information content (AvgIpc) is 2.46. The van der Waals surface area contributed by atoms with Gasteiger partial charge in [-0.1, -0.05) is 38.2 Å². The van der Waals surface area contributed by atoms with Crippen molar-refractivity contribution in [2.24, 2.45) is 0 Å². The van der Waals surface area contributed by atoms with Crippen molar-refractivity contribution in [3.8, 4) is 11.3 Å². The van der Waals surface area contributed by atoms with Crippen LogP contribution in [0.2, 0.25) is 0 Å². The van der Waals surface area contributed by atoms with Gasteiger partial charge < -0.3 is 4.98 Å². The van der Waals surface area contributed by atoms with Crippen molar-refractivity contribution in [3.63, 3.8) is 0 Å². The summed E-state index contributed by atoms with van der Waals surface area (Å²) in [4.78, 5) is 12.3. The molecular formula is C17H17N3S. The largest absolute Gasteiger partial charge is 0.343 e. The van der Waals surface area contributed by atoms with Crippen LogP contribution >= 0.6 is 12.2 Å². The van der Waals surface area contributed by atoms with Crippen LogP contribution in [0.3, 0.4) is 0 Å². The molecule has 3 nitrogen and oxygen atoms in total. The van der Waals surface area contributed by atoms with E-state index >= 15 is 0 Å². The van der Waals surface area contributed by atoms with Crippen LogP contribution in [0, 0.1) is 11.6 Å². The van der Waals surface area contributed by atoms with Crippen LogP contribution in [-0.2, 0) is 0 Å². The van der Waals surface area contributed by atoms with Gasteiger partial charge in [-0.25, -0.2) is 4.98 Å². The molecule has 0 bridgehead atoms. The Morgan fingerprint density at radius 1 is 1.05 bits per heavy atom. The van der Waals surface area contributed by atoms with E-state index in [4.69, 9.17) is 12.2 Å². The van der Waals surface area contributed by atoms with E-state index in [0.29, 0.717) is 10.6 Å². The maximum atomic E-state index is 5.28. The summed E-state index contributed by atoms with van der Waals surface area (Å²) in [5.74, 6) is 1.23. The van der Waals surface area contributed by atoms with E-state index in [9.17, 15) is 0 Å². The molecule has 0 fully saturated rings. The highest BCUT2D eigenvalue weighted by atomic mass is 32.1. The number of aromatic amines is 1. The standard InChI is InChI=1S/C17H17N3S/c1-10(2)17-19-15(9-16(21)20-17)13-6-7-14-12(8-13)5-4-11(3)18-14/h4-10H,1-3H3,(H,19,20,21). The normalized spacial score (nSPS) is 11.2. The van der Waals surface area contributed by atoms with Gasteiger partial charge in [-0.15, -0.1) is 0 Å². The Balaban J connectivity index is 2.16. The number of pyridine rings is 1. The van der Waals surface area contributed by atoms with E-state index in [0.717, 1.165) is 33.7 Å². The van der Waals surface area contributed by atoms with Crippen molar-refractivity contribution in [3.05, 3.63) is 52.6 Å². The fourth-order valence-electron chi connectivity index (χ4n) is 2.30. The van der Waals surface area contributed by atoms with Gasteiger partial charge in [0, 0.05) is 22.7 Å². The predicted octanol–water partition coefficient (Wildman–Crippen LogP) is 4.79. The summed E-state index contributed by atoms with van der Waals surface area (Å²) < 4.78 is 0.620. The molecule has 0 radical (unpaired) electrons. The fraction of sp³-hybridized carbons (Fsp3) is 0.235. The second-order valence-electron chi connectivity index (χ2n) is 5.53. The van der Waals surface area contributed by atoms with Crippen molar-refractivity contribution in [2.75, 3.05) is 0 Å². The first kappa shape index (κ1) is 13.9. The van der Waals surface area contributed by atoms with E-state index in [-0.39, 0.29) is 0 Å². The van der Waals surface area contributed by atoms with Crippen LogP contribution in [0.15, 0.2) is 36.4 Å². The van der Waals surface area contributed by atoms with Crippen molar-refractivity contribution < 1.29 is 0 Å². The second kappa shape index (κ2) is 5.37. The number of aryl methyl sites for hydroxylation is 1. The number of nitrogens with one attached hydrogen (secondary N) is 1. The minimum atomic E-state index is 0.316. The minimum Gasteiger partial charge on any atom is -0.343 e. The van der Waals surface area contributed by atoms with Crippen LogP contribution in [-0.4, -0.2) is 15.0 Å². The minimum absolute atomic E-state index is 0.316. The quantitative estimate of drug-likeness (QED) is 0.691. The molecule has 4 heteroatoms. The molecule has 0 aliphatic heterocycles. The van der Waals surface area contributed by atoms with Crippen LogP contribution < -0.4 is 0 Å². The van der Waals surface area contributed by atoms with E-state index in [1.807, 2.05) is 25.1 Å². The van der Waals surface area contributed by atoms with Gasteiger partial charge in [0.2, 0.25) is 0 Å². The first-order valence-corrected chi connectivity index (χ1v) is 7.43.